The molecular weight excluding hydrogens is 540 g/mol. The first-order valence-corrected chi connectivity index (χ1v) is 13.1. The molecule has 3 heterocycles. The number of halogens is 2. The number of rotatable bonds is 7. The van der Waals surface area contributed by atoms with E-state index >= 15 is 8.78 Å². The second-order valence-corrected chi connectivity index (χ2v) is 10.1. The van der Waals surface area contributed by atoms with E-state index in [9.17, 15) is 24.3 Å². The molecule has 0 aliphatic carbocycles. The molecule has 1 unspecified atom stereocenters. The number of carboxylic acids is 1. The Morgan fingerprint density at radius 2 is 1.68 bits per heavy atom. The van der Waals surface area contributed by atoms with Crippen molar-refractivity contribution in [3.8, 4) is 0 Å². The lowest BCUT2D eigenvalue weighted by molar-refractivity contribution is -0.120. The molecule has 2 atom stereocenters. The third kappa shape index (κ3) is 5.08. The summed E-state index contributed by atoms with van der Waals surface area (Å²) in [5.41, 5.74) is 5.93. The number of hydrogen-bond donors (Lipinski definition) is 2. The van der Waals surface area contributed by atoms with Gasteiger partial charge in [0.2, 0.25) is 5.43 Å². The standard InChI is InChI=1S/C28H29F2N5O6/c1-3-32-13-18(27(38)39)26(37)17-11-20(30)23(12-22(17)32)34-8-6-33(7-9-34)21-5-4-16(10-19(21)29)35-14-24(41-28(35)40)25(31)15(2)36/h4-5,10-13,24-25H,3,6-9,14,31H2,1-2H3,(H,38,39)/t24?,25-/m1/s1. The van der Waals surface area contributed by atoms with Gasteiger partial charge in [0.05, 0.1) is 29.1 Å². The zero-order chi connectivity index (χ0) is 29.6. The molecule has 3 aromatic rings. The maximum absolute atomic E-state index is 15.2. The molecule has 5 rings (SSSR count). The number of aromatic nitrogens is 1. The molecule has 0 saturated carbocycles. The Bertz CT molecular complexity index is 1620. The number of Topliss-reactive ketones (excluding diaryl/α,β-unsaturated/α-hetero) is 1. The number of aromatic carboxylic acids is 1. The minimum atomic E-state index is -1.37. The van der Waals surface area contributed by atoms with E-state index in [1.165, 1.54) is 24.1 Å². The van der Waals surface area contributed by atoms with Crippen molar-refractivity contribution < 1.29 is 33.0 Å². The third-order valence-electron chi connectivity index (χ3n) is 7.63. The zero-order valence-electron chi connectivity index (χ0n) is 22.5. The number of aryl methyl sites for hydroxylation is 1. The number of cyclic esters (lactones) is 1. The van der Waals surface area contributed by atoms with Gasteiger partial charge in [0.15, 0.2) is 0 Å². The van der Waals surface area contributed by atoms with Crippen molar-refractivity contribution in [1.29, 1.82) is 0 Å². The molecule has 41 heavy (non-hydrogen) atoms. The van der Waals surface area contributed by atoms with Gasteiger partial charge in [-0.3, -0.25) is 14.5 Å². The molecule has 3 N–H and O–H groups in total. The number of piperazine rings is 1. The lowest BCUT2D eigenvalue weighted by atomic mass is 10.1. The van der Waals surface area contributed by atoms with Crippen LogP contribution in [0.15, 0.2) is 41.3 Å². The Kier molecular flexibility index (Phi) is 7.39. The predicted molar refractivity (Wildman–Crippen MR) is 148 cm³/mol. The number of pyridine rings is 1. The number of amides is 1. The molecule has 0 radical (unpaired) electrons. The van der Waals surface area contributed by atoms with Crippen LogP contribution in [0.2, 0.25) is 0 Å². The number of carbonyl (C=O) groups is 3. The van der Waals surface area contributed by atoms with Crippen LogP contribution < -0.4 is 25.9 Å². The fourth-order valence-electron chi connectivity index (χ4n) is 5.31. The van der Waals surface area contributed by atoms with E-state index in [0.717, 1.165) is 6.07 Å². The number of nitrogens with zero attached hydrogens (tertiary/aromatic N) is 4. The lowest BCUT2D eigenvalue weighted by Crippen LogP contribution is -2.47. The number of fused-ring (bicyclic) bond motifs is 1. The van der Waals surface area contributed by atoms with Crippen LogP contribution in [0, 0.1) is 11.6 Å². The van der Waals surface area contributed by atoms with Gasteiger partial charge in [0.25, 0.3) is 0 Å². The van der Waals surface area contributed by atoms with Gasteiger partial charge in [0, 0.05) is 44.3 Å². The molecule has 1 amide bonds. The zero-order valence-corrected chi connectivity index (χ0v) is 22.5. The number of hydrogen-bond acceptors (Lipinski definition) is 8. The first-order valence-electron chi connectivity index (χ1n) is 13.1. The Hall–Kier alpha value is -4.52. The average molecular weight is 570 g/mol. The van der Waals surface area contributed by atoms with Gasteiger partial charge in [0.1, 0.15) is 35.1 Å². The molecule has 2 aromatic carbocycles. The van der Waals surface area contributed by atoms with Crippen molar-refractivity contribution in [3.63, 3.8) is 0 Å². The van der Waals surface area contributed by atoms with Crippen molar-refractivity contribution in [2.45, 2.75) is 32.5 Å². The molecule has 1 aromatic heterocycles. The summed E-state index contributed by atoms with van der Waals surface area (Å²) in [4.78, 5) is 52.8. The van der Waals surface area contributed by atoms with Gasteiger partial charge < -0.3 is 29.9 Å². The lowest BCUT2D eigenvalue weighted by Gasteiger charge is -2.37. The molecule has 0 bridgehead atoms. The topological polar surface area (TPSA) is 138 Å². The van der Waals surface area contributed by atoms with Crippen molar-refractivity contribution in [1.82, 2.24) is 4.57 Å². The van der Waals surface area contributed by atoms with Gasteiger partial charge in [-0.2, -0.15) is 0 Å². The minimum Gasteiger partial charge on any atom is -0.477 e. The second kappa shape index (κ2) is 10.8. The van der Waals surface area contributed by atoms with E-state index in [4.69, 9.17) is 10.5 Å². The van der Waals surface area contributed by atoms with Crippen LogP contribution in [-0.4, -0.2) is 72.4 Å². The fraction of sp³-hybridized carbons (Fsp3) is 0.357. The fourth-order valence-corrected chi connectivity index (χ4v) is 5.31. The van der Waals surface area contributed by atoms with Gasteiger partial charge >= 0.3 is 12.1 Å². The number of carbonyl (C=O) groups excluding carboxylic acids is 2. The maximum atomic E-state index is 15.2. The second-order valence-electron chi connectivity index (χ2n) is 10.1. The van der Waals surface area contributed by atoms with E-state index in [1.807, 2.05) is 4.90 Å². The van der Waals surface area contributed by atoms with Crippen LogP contribution in [-0.2, 0) is 16.1 Å². The van der Waals surface area contributed by atoms with Crippen LogP contribution in [0.3, 0.4) is 0 Å². The number of ether oxygens (including phenoxy) is 1. The molecule has 2 saturated heterocycles. The van der Waals surface area contributed by atoms with Crippen LogP contribution in [0.1, 0.15) is 24.2 Å². The summed E-state index contributed by atoms with van der Waals surface area (Å²) in [6.45, 7) is 4.96. The van der Waals surface area contributed by atoms with Crippen molar-refractivity contribution >= 4 is 45.8 Å². The van der Waals surface area contributed by atoms with Gasteiger partial charge in [-0.1, -0.05) is 0 Å². The summed E-state index contributed by atoms with van der Waals surface area (Å²) < 4.78 is 37.2. The van der Waals surface area contributed by atoms with E-state index in [2.05, 4.69) is 0 Å². The highest BCUT2D eigenvalue weighted by Crippen LogP contribution is 2.31. The Balaban J connectivity index is 1.32. The summed E-state index contributed by atoms with van der Waals surface area (Å²) >= 11 is 0. The van der Waals surface area contributed by atoms with Gasteiger partial charge in [-0.15, -0.1) is 0 Å². The smallest absolute Gasteiger partial charge is 0.414 e. The summed E-state index contributed by atoms with van der Waals surface area (Å²) in [5.74, 6) is -2.90. The SMILES string of the molecule is CCn1cc(C(=O)O)c(=O)c2cc(F)c(N3CCN(c4ccc(N5CC([C@H](N)C(C)=O)OC5=O)cc4F)CC3)cc21. The summed E-state index contributed by atoms with van der Waals surface area (Å²) in [6.07, 6.45) is -0.270. The van der Waals surface area contributed by atoms with Gasteiger partial charge in [-0.25, -0.2) is 18.4 Å². The summed E-state index contributed by atoms with van der Waals surface area (Å²) in [7, 11) is 0. The monoisotopic (exact) mass is 569 g/mol. The van der Waals surface area contributed by atoms with Crippen molar-refractivity contribution in [2.24, 2.45) is 5.73 Å². The minimum absolute atomic E-state index is 0.00900. The number of benzene rings is 2. The van der Waals surface area contributed by atoms with Crippen LogP contribution in [0.5, 0.6) is 0 Å². The van der Waals surface area contributed by atoms with E-state index in [0.29, 0.717) is 43.9 Å². The molecule has 0 spiro atoms. The first kappa shape index (κ1) is 28.0. The van der Waals surface area contributed by atoms with Crippen LogP contribution in [0.25, 0.3) is 10.9 Å². The van der Waals surface area contributed by atoms with E-state index < -0.39 is 46.8 Å². The average Bonchev–Trinajstić information content (AvgIpc) is 3.34. The van der Waals surface area contributed by atoms with E-state index in [1.54, 1.807) is 34.6 Å². The maximum Gasteiger partial charge on any atom is 0.414 e. The largest absolute Gasteiger partial charge is 0.477 e. The number of anilines is 3. The number of nitrogens with two attached hydrogens (primary N) is 1. The highest BCUT2D eigenvalue weighted by Gasteiger charge is 2.38. The Morgan fingerprint density at radius 3 is 2.27 bits per heavy atom. The normalized spacial score (nSPS) is 18.1. The molecular formula is C28H29F2N5O6. The van der Waals surface area contributed by atoms with Crippen molar-refractivity contribution in [2.75, 3.05) is 47.4 Å². The Morgan fingerprint density at radius 1 is 1.05 bits per heavy atom. The highest BCUT2D eigenvalue weighted by atomic mass is 19.1. The Labute approximate surface area is 233 Å². The number of ketones is 1. The van der Waals surface area contributed by atoms with E-state index in [-0.39, 0.29) is 29.1 Å². The number of carboxylic acid groups (broad SMARTS) is 1. The van der Waals surface area contributed by atoms with Gasteiger partial charge in [-0.05, 0) is 44.2 Å². The van der Waals surface area contributed by atoms with Crippen LogP contribution in [0.4, 0.5) is 30.6 Å². The molecule has 216 valence electrons. The quantitative estimate of drug-likeness (QED) is 0.440. The summed E-state index contributed by atoms with van der Waals surface area (Å²) in [5, 5.41) is 9.35. The predicted octanol–water partition coefficient (Wildman–Crippen LogP) is 2.57. The molecule has 2 fully saturated rings. The molecule has 2 aliphatic heterocycles. The molecule has 2 aliphatic rings. The van der Waals surface area contributed by atoms with Crippen molar-refractivity contribution in [3.05, 3.63) is 63.9 Å². The third-order valence-corrected chi connectivity index (χ3v) is 7.63. The highest BCUT2D eigenvalue weighted by molar-refractivity contribution is 5.94. The van der Waals surface area contributed by atoms with Crippen LogP contribution >= 0.6 is 0 Å². The molecule has 11 nitrogen and oxygen atoms in total. The molecule has 13 heteroatoms. The first-order chi connectivity index (χ1) is 19.5. The summed E-state index contributed by atoms with van der Waals surface area (Å²) in [6, 6.07) is 6.03.